The number of carbonyl (C=O) groups is 1. The van der Waals surface area contributed by atoms with Gasteiger partial charge in [-0.3, -0.25) is 14.6 Å². The molecule has 11 heteroatoms. The molecule has 0 aliphatic carbocycles. The van der Waals surface area contributed by atoms with Crippen LogP contribution in [0.1, 0.15) is 28.8 Å². The van der Waals surface area contributed by atoms with Crippen LogP contribution in [-0.4, -0.2) is 64.0 Å². The van der Waals surface area contributed by atoms with Crippen molar-refractivity contribution in [1.82, 2.24) is 14.9 Å². The first-order chi connectivity index (χ1) is 17.9. The molecule has 6 rings (SSSR count). The Hall–Kier alpha value is -2.56. The second kappa shape index (κ2) is 9.96. The molecule has 192 valence electrons. The fraction of sp³-hybridized carbons (Fsp3) is 0.346. The summed E-state index contributed by atoms with van der Waals surface area (Å²) < 4.78 is 0. The number of anilines is 4. The number of likely N-dealkylation sites (N-methyl/N-ethyl adjacent to an activating group) is 1. The molecule has 0 saturated carbocycles. The van der Waals surface area contributed by atoms with Crippen LogP contribution in [0.4, 0.5) is 23.0 Å². The molecular formula is C26H26Cl2N6O2S. The minimum atomic E-state index is -0.247. The van der Waals surface area contributed by atoms with Gasteiger partial charge in [0.1, 0.15) is 5.03 Å². The van der Waals surface area contributed by atoms with Crippen LogP contribution in [0.3, 0.4) is 0 Å². The molecule has 3 aromatic rings. The van der Waals surface area contributed by atoms with Crippen molar-refractivity contribution in [3.8, 4) is 0 Å². The van der Waals surface area contributed by atoms with E-state index < -0.39 is 0 Å². The maximum Gasteiger partial charge on any atom is 0.263 e. The number of hydrogen-bond acceptors (Lipinski definition) is 8. The van der Waals surface area contributed by atoms with E-state index in [1.165, 1.54) is 30.8 Å². The summed E-state index contributed by atoms with van der Waals surface area (Å²) in [4.78, 5) is 28.6. The van der Waals surface area contributed by atoms with Crippen LogP contribution in [0.25, 0.3) is 0 Å². The van der Waals surface area contributed by atoms with Gasteiger partial charge in [0.15, 0.2) is 0 Å². The average molecular weight is 558 g/mol. The molecule has 2 unspecified atom stereocenters. The normalized spacial score (nSPS) is 21.4. The number of fused-ring (bicyclic) bond motifs is 3. The van der Waals surface area contributed by atoms with Gasteiger partial charge in [-0.25, -0.2) is 9.97 Å². The largest absolute Gasteiger partial charge is 0.392 e. The molecule has 2 fully saturated rings. The Balaban J connectivity index is 1.21. The minimum absolute atomic E-state index is 0.0532. The van der Waals surface area contributed by atoms with Crippen LogP contribution in [0, 0.1) is 0 Å². The number of carbonyl (C=O) groups excluding carboxylic acids is 1. The van der Waals surface area contributed by atoms with Gasteiger partial charge < -0.3 is 15.3 Å². The van der Waals surface area contributed by atoms with E-state index in [-0.39, 0.29) is 12.5 Å². The number of nitrogens with one attached hydrogen (secondary N) is 1. The second-order valence-electron chi connectivity index (χ2n) is 9.57. The third-order valence-corrected chi connectivity index (χ3v) is 9.04. The van der Waals surface area contributed by atoms with Crippen LogP contribution in [0.2, 0.25) is 10.0 Å². The number of halogens is 2. The Kier molecular flexibility index (Phi) is 6.66. The number of aromatic nitrogens is 2. The van der Waals surface area contributed by atoms with E-state index in [1.54, 1.807) is 23.1 Å². The first-order valence-corrected chi connectivity index (χ1v) is 13.9. The smallest absolute Gasteiger partial charge is 0.263 e. The molecule has 2 atom stereocenters. The van der Waals surface area contributed by atoms with Crippen LogP contribution in [0.5, 0.6) is 0 Å². The highest BCUT2D eigenvalue weighted by Gasteiger charge is 2.38. The Morgan fingerprint density at radius 3 is 2.57 bits per heavy atom. The van der Waals surface area contributed by atoms with Gasteiger partial charge in [0.25, 0.3) is 5.91 Å². The second-order valence-corrected chi connectivity index (χ2v) is 11.3. The molecule has 2 saturated heterocycles. The number of thioether (sulfide) groups is 1. The van der Waals surface area contributed by atoms with E-state index >= 15 is 0 Å². The van der Waals surface area contributed by atoms with Crippen molar-refractivity contribution >= 4 is 63.9 Å². The summed E-state index contributed by atoms with van der Waals surface area (Å²) >= 11 is 14.1. The average Bonchev–Trinajstić information content (AvgIpc) is 3.09. The lowest BCUT2D eigenvalue weighted by molar-refractivity contribution is 0.0985. The van der Waals surface area contributed by atoms with Crippen LogP contribution in [-0.2, 0) is 6.61 Å². The van der Waals surface area contributed by atoms with Gasteiger partial charge in [0.05, 0.1) is 33.8 Å². The molecule has 0 spiro atoms. The maximum atomic E-state index is 13.2. The summed E-state index contributed by atoms with van der Waals surface area (Å²) in [5.74, 6) is 0.475. The van der Waals surface area contributed by atoms with Crippen molar-refractivity contribution in [2.45, 2.75) is 36.6 Å². The molecule has 1 amide bonds. The van der Waals surface area contributed by atoms with E-state index in [0.29, 0.717) is 50.2 Å². The Bertz CT molecular complexity index is 1340. The first kappa shape index (κ1) is 24.8. The summed E-state index contributed by atoms with van der Waals surface area (Å²) in [6.07, 6.45) is 3.98. The number of aliphatic hydroxyl groups is 1. The summed E-state index contributed by atoms with van der Waals surface area (Å²) in [5, 5.41) is 14.8. The van der Waals surface area contributed by atoms with Gasteiger partial charge >= 0.3 is 0 Å². The van der Waals surface area contributed by atoms with Gasteiger partial charge in [-0.15, -0.1) is 0 Å². The van der Waals surface area contributed by atoms with E-state index in [2.05, 4.69) is 38.2 Å². The standard InChI is InChI=1S/C26H26Cl2N6O2S/c1-32-17-6-7-18(32)12-33(11-17)22-8-5-16(9-15(22)13-35)30-26-29-10-19-24(31-26)37-14-34(25(19)36)23-20(27)3-2-4-21(23)28/h2-5,8-10,17-18,35H,6-7,11-14H2,1H3,(H,29,30,31). The van der Waals surface area contributed by atoms with E-state index in [9.17, 15) is 9.90 Å². The minimum Gasteiger partial charge on any atom is -0.392 e. The van der Waals surface area contributed by atoms with Crippen molar-refractivity contribution < 1.29 is 9.90 Å². The summed E-state index contributed by atoms with van der Waals surface area (Å²) in [6.45, 7) is 1.90. The summed E-state index contributed by atoms with van der Waals surface area (Å²) in [7, 11) is 2.22. The SMILES string of the molecule is CN1C2CCC1CN(c1ccc(Nc3ncc4c(n3)SCN(c3c(Cl)cccc3Cl)C4=O)cc1CO)C2. The lowest BCUT2D eigenvalue weighted by atomic mass is 10.1. The molecular weight excluding hydrogens is 531 g/mol. The molecule has 3 aliphatic heterocycles. The van der Waals surface area contributed by atoms with Gasteiger partial charge in [-0.05, 0) is 50.2 Å². The molecule has 3 aliphatic rings. The molecule has 4 heterocycles. The lowest BCUT2D eigenvalue weighted by Crippen LogP contribution is -2.52. The highest BCUT2D eigenvalue weighted by atomic mass is 35.5. The molecule has 2 aromatic carbocycles. The number of benzene rings is 2. The van der Waals surface area contributed by atoms with Crippen molar-refractivity contribution in [1.29, 1.82) is 0 Å². The number of aliphatic hydroxyl groups excluding tert-OH is 1. The van der Waals surface area contributed by atoms with Crippen molar-refractivity contribution in [2.75, 3.05) is 41.1 Å². The predicted octanol–water partition coefficient (Wildman–Crippen LogP) is 5.01. The van der Waals surface area contributed by atoms with Gasteiger partial charge in [0.2, 0.25) is 5.95 Å². The third-order valence-electron chi connectivity index (χ3n) is 7.46. The van der Waals surface area contributed by atoms with Crippen molar-refractivity contribution in [2.24, 2.45) is 0 Å². The first-order valence-electron chi connectivity index (χ1n) is 12.2. The topological polar surface area (TPSA) is 84.8 Å². The fourth-order valence-corrected chi connectivity index (χ4v) is 7.01. The number of amides is 1. The lowest BCUT2D eigenvalue weighted by Gasteiger charge is -2.40. The van der Waals surface area contributed by atoms with E-state index in [0.717, 1.165) is 30.0 Å². The number of para-hydroxylation sites is 1. The number of nitrogens with zero attached hydrogens (tertiary/aromatic N) is 5. The monoisotopic (exact) mass is 556 g/mol. The number of rotatable bonds is 5. The highest BCUT2D eigenvalue weighted by Crippen LogP contribution is 2.40. The van der Waals surface area contributed by atoms with Gasteiger partial charge in [-0.1, -0.05) is 41.0 Å². The maximum absolute atomic E-state index is 13.2. The highest BCUT2D eigenvalue weighted by molar-refractivity contribution is 7.99. The fourth-order valence-electron chi connectivity index (χ4n) is 5.46. The Morgan fingerprint density at radius 1 is 1.14 bits per heavy atom. The number of hydrogen-bond donors (Lipinski definition) is 2. The van der Waals surface area contributed by atoms with Crippen molar-refractivity contribution in [3.05, 3.63) is 63.8 Å². The van der Waals surface area contributed by atoms with E-state index in [1.807, 2.05) is 12.1 Å². The Labute approximate surface area is 229 Å². The number of piperazine rings is 1. The molecule has 37 heavy (non-hydrogen) atoms. The zero-order valence-electron chi connectivity index (χ0n) is 20.2. The van der Waals surface area contributed by atoms with Crippen molar-refractivity contribution in [3.63, 3.8) is 0 Å². The van der Waals surface area contributed by atoms with Crippen LogP contribution < -0.4 is 15.1 Å². The Morgan fingerprint density at radius 2 is 1.86 bits per heavy atom. The zero-order chi connectivity index (χ0) is 25.7. The molecule has 8 nitrogen and oxygen atoms in total. The molecule has 2 bridgehead atoms. The third kappa shape index (κ3) is 4.53. The van der Waals surface area contributed by atoms with Crippen LogP contribution >= 0.6 is 35.0 Å². The molecule has 0 radical (unpaired) electrons. The van der Waals surface area contributed by atoms with Gasteiger partial charge in [0, 0.05) is 48.3 Å². The molecule has 1 aromatic heterocycles. The quantitative estimate of drug-likeness (QED) is 0.424. The summed E-state index contributed by atoms with van der Waals surface area (Å²) in [6, 6.07) is 12.3. The van der Waals surface area contributed by atoms with Crippen LogP contribution in [0.15, 0.2) is 47.6 Å². The van der Waals surface area contributed by atoms with E-state index in [4.69, 9.17) is 23.2 Å². The summed E-state index contributed by atoms with van der Waals surface area (Å²) in [5.41, 5.74) is 3.60. The molecule has 2 N–H and O–H groups in total. The predicted molar refractivity (Wildman–Crippen MR) is 148 cm³/mol. The van der Waals surface area contributed by atoms with Gasteiger partial charge in [-0.2, -0.15) is 0 Å². The zero-order valence-corrected chi connectivity index (χ0v) is 22.5.